The van der Waals surface area contributed by atoms with E-state index in [2.05, 4.69) is 33.0 Å². The van der Waals surface area contributed by atoms with Crippen LogP contribution in [0.4, 0.5) is 0 Å². The van der Waals surface area contributed by atoms with Crippen LogP contribution in [0.5, 0.6) is 0 Å². The van der Waals surface area contributed by atoms with Crippen LogP contribution in [0.25, 0.3) is 0 Å². The van der Waals surface area contributed by atoms with Crippen LogP contribution in [-0.4, -0.2) is 29.1 Å². The first-order valence-electron chi connectivity index (χ1n) is 5.04. The zero-order valence-electron chi connectivity index (χ0n) is 8.95. The van der Waals surface area contributed by atoms with Crippen molar-refractivity contribution in [3.05, 3.63) is 35.9 Å². The van der Waals surface area contributed by atoms with Gasteiger partial charge >= 0.3 is 0 Å². The van der Waals surface area contributed by atoms with E-state index in [0.29, 0.717) is 6.54 Å². The molecule has 0 radical (unpaired) electrons. The number of Topliss-reactive ketones (excluding diaryl/α,β-unsaturated/α-hetero) is 1. The quantitative estimate of drug-likeness (QED) is 0.740. The van der Waals surface area contributed by atoms with Crippen LogP contribution >= 0.6 is 15.9 Å². The van der Waals surface area contributed by atoms with Gasteiger partial charge < -0.3 is 0 Å². The molecule has 82 valence electrons. The molecule has 0 atom stereocenters. The fourth-order valence-electron chi connectivity index (χ4n) is 1.49. The third-order valence-electron chi connectivity index (χ3n) is 2.10. The van der Waals surface area contributed by atoms with Gasteiger partial charge in [0.25, 0.3) is 0 Å². The predicted octanol–water partition coefficient (Wildman–Crippen LogP) is 2.47. The molecule has 0 aliphatic heterocycles. The Morgan fingerprint density at radius 3 is 2.53 bits per heavy atom. The van der Waals surface area contributed by atoms with E-state index >= 15 is 0 Å². The van der Waals surface area contributed by atoms with Gasteiger partial charge in [0.05, 0.1) is 6.54 Å². The fraction of sp³-hybridized carbons (Fsp3) is 0.417. The van der Waals surface area contributed by atoms with Crippen molar-refractivity contribution in [2.75, 3.05) is 18.4 Å². The van der Waals surface area contributed by atoms with Crippen molar-refractivity contribution in [1.29, 1.82) is 0 Å². The molecule has 0 saturated carbocycles. The van der Waals surface area contributed by atoms with Crippen LogP contribution in [-0.2, 0) is 11.3 Å². The van der Waals surface area contributed by atoms with Crippen LogP contribution in [0.3, 0.4) is 0 Å². The molecule has 0 heterocycles. The Morgan fingerprint density at radius 1 is 1.33 bits per heavy atom. The summed E-state index contributed by atoms with van der Waals surface area (Å²) in [6, 6.07) is 10.2. The summed E-state index contributed by atoms with van der Waals surface area (Å²) in [5.74, 6) is 0.215. The highest BCUT2D eigenvalue weighted by atomic mass is 79.9. The van der Waals surface area contributed by atoms with Gasteiger partial charge in [0.2, 0.25) is 0 Å². The molecule has 0 aliphatic carbocycles. The summed E-state index contributed by atoms with van der Waals surface area (Å²) in [5.41, 5.74) is 1.25. The minimum absolute atomic E-state index is 0.215. The number of halogens is 1. The van der Waals surface area contributed by atoms with Gasteiger partial charge in [0.15, 0.2) is 0 Å². The number of nitrogens with zero attached hydrogens (tertiary/aromatic N) is 1. The number of alkyl halides is 1. The first kappa shape index (κ1) is 12.4. The molecule has 0 spiro atoms. The van der Waals surface area contributed by atoms with Crippen molar-refractivity contribution in [1.82, 2.24) is 4.90 Å². The lowest BCUT2D eigenvalue weighted by atomic mass is 10.2. The first-order valence-corrected chi connectivity index (χ1v) is 6.16. The Balaban J connectivity index is 2.54. The molecule has 0 aromatic heterocycles. The van der Waals surface area contributed by atoms with E-state index in [0.717, 1.165) is 18.4 Å². The Kier molecular flexibility index (Phi) is 5.58. The lowest BCUT2D eigenvalue weighted by molar-refractivity contribution is -0.118. The highest BCUT2D eigenvalue weighted by Gasteiger charge is 2.07. The second kappa shape index (κ2) is 6.75. The monoisotopic (exact) mass is 269 g/mol. The van der Waals surface area contributed by atoms with Crippen molar-refractivity contribution in [2.24, 2.45) is 0 Å². The summed E-state index contributed by atoms with van der Waals surface area (Å²) in [6.45, 7) is 3.90. The second-order valence-electron chi connectivity index (χ2n) is 3.59. The van der Waals surface area contributed by atoms with Gasteiger partial charge in [-0.15, -0.1) is 0 Å². The van der Waals surface area contributed by atoms with E-state index < -0.39 is 0 Å². The van der Waals surface area contributed by atoms with E-state index in [9.17, 15) is 4.79 Å². The lowest BCUT2D eigenvalue weighted by Gasteiger charge is -2.19. The molecule has 0 bridgehead atoms. The van der Waals surface area contributed by atoms with Crippen LogP contribution in [0.15, 0.2) is 30.3 Å². The van der Waals surface area contributed by atoms with Gasteiger partial charge in [-0.25, -0.2) is 0 Å². The molecular formula is C12H16BrNO. The number of hydrogen-bond acceptors (Lipinski definition) is 2. The summed E-state index contributed by atoms with van der Waals surface area (Å²) >= 11 is 3.40. The Labute approximate surface area is 99.4 Å². The minimum atomic E-state index is 0.215. The van der Waals surface area contributed by atoms with Gasteiger partial charge in [0.1, 0.15) is 5.78 Å². The molecule has 0 fully saturated rings. The summed E-state index contributed by atoms with van der Waals surface area (Å²) in [6.07, 6.45) is 0. The number of benzene rings is 1. The average Bonchev–Trinajstić information content (AvgIpc) is 2.18. The maximum Gasteiger partial charge on any atom is 0.143 e. The van der Waals surface area contributed by atoms with Crippen LogP contribution in [0.1, 0.15) is 12.5 Å². The zero-order chi connectivity index (χ0) is 11.1. The summed E-state index contributed by atoms with van der Waals surface area (Å²) in [5, 5.41) is 0.896. The third-order valence-corrected chi connectivity index (χ3v) is 2.45. The van der Waals surface area contributed by atoms with Gasteiger partial charge in [-0.2, -0.15) is 0 Å². The van der Waals surface area contributed by atoms with Crippen LogP contribution in [0.2, 0.25) is 0 Å². The van der Waals surface area contributed by atoms with Gasteiger partial charge in [-0.1, -0.05) is 46.3 Å². The summed E-state index contributed by atoms with van der Waals surface area (Å²) in [7, 11) is 0. The molecule has 2 nitrogen and oxygen atoms in total. The van der Waals surface area contributed by atoms with Gasteiger partial charge in [0, 0.05) is 18.4 Å². The highest BCUT2D eigenvalue weighted by molar-refractivity contribution is 9.09. The van der Waals surface area contributed by atoms with Crippen molar-refractivity contribution in [3.63, 3.8) is 0 Å². The van der Waals surface area contributed by atoms with Gasteiger partial charge in [-0.05, 0) is 12.5 Å². The topological polar surface area (TPSA) is 20.3 Å². The Hall–Kier alpha value is -0.670. The first-order chi connectivity index (χ1) is 7.22. The molecule has 3 heteroatoms. The number of hydrogen-bond donors (Lipinski definition) is 0. The van der Waals surface area contributed by atoms with Crippen LogP contribution in [0, 0.1) is 0 Å². The van der Waals surface area contributed by atoms with E-state index in [1.165, 1.54) is 5.56 Å². The summed E-state index contributed by atoms with van der Waals surface area (Å²) < 4.78 is 0. The minimum Gasteiger partial charge on any atom is -0.299 e. The van der Waals surface area contributed by atoms with Crippen molar-refractivity contribution in [3.8, 4) is 0 Å². The standard InChI is InChI=1S/C12H16BrNO/c1-11(15)9-14(8-7-13)10-12-5-3-2-4-6-12/h2-6H,7-10H2,1H3. The predicted molar refractivity (Wildman–Crippen MR) is 66.2 cm³/mol. The maximum atomic E-state index is 11.1. The molecule has 0 saturated heterocycles. The average molecular weight is 270 g/mol. The van der Waals surface area contributed by atoms with Crippen molar-refractivity contribution in [2.45, 2.75) is 13.5 Å². The van der Waals surface area contributed by atoms with Crippen molar-refractivity contribution >= 4 is 21.7 Å². The number of carbonyl (C=O) groups excluding carboxylic acids is 1. The number of rotatable bonds is 6. The molecule has 1 rings (SSSR count). The molecule has 1 aromatic rings. The molecule has 1 aromatic carbocycles. The smallest absolute Gasteiger partial charge is 0.143 e. The van der Waals surface area contributed by atoms with E-state index in [1.807, 2.05) is 18.2 Å². The second-order valence-corrected chi connectivity index (χ2v) is 4.38. The van der Waals surface area contributed by atoms with E-state index in [-0.39, 0.29) is 5.78 Å². The van der Waals surface area contributed by atoms with Gasteiger partial charge in [-0.3, -0.25) is 9.69 Å². The molecule has 0 aliphatic rings. The number of carbonyl (C=O) groups is 1. The summed E-state index contributed by atoms with van der Waals surface area (Å²) in [4.78, 5) is 13.2. The van der Waals surface area contributed by atoms with Crippen molar-refractivity contribution < 1.29 is 4.79 Å². The van der Waals surface area contributed by atoms with E-state index in [1.54, 1.807) is 6.92 Å². The molecule has 0 unspecified atom stereocenters. The highest BCUT2D eigenvalue weighted by Crippen LogP contribution is 2.04. The molecule has 0 N–H and O–H groups in total. The Bertz CT molecular complexity index is 300. The zero-order valence-corrected chi connectivity index (χ0v) is 10.5. The third kappa shape index (κ3) is 5.09. The fourth-order valence-corrected chi connectivity index (χ4v) is 1.99. The molecular weight excluding hydrogens is 254 g/mol. The maximum absolute atomic E-state index is 11.1. The largest absolute Gasteiger partial charge is 0.299 e. The molecule has 0 amide bonds. The SMILES string of the molecule is CC(=O)CN(CCBr)Cc1ccccc1. The lowest BCUT2D eigenvalue weighted by Crippen LogP contribution is -2.30. The molecule has 15 heavy (non-hydrogen) atoms. The van der Waals surface area contributed by atoms with Crippen LogP contribution < -0.4 is 0 Å². The Morgan fingerprint density at radius 2 is 2.00 bits per heavy atom. The van der Waals surface area contributed by atoms with E-state index in [4.69, 9.17) is 0 Å². The number of ketones is 1. The normalized spacial score (nSPS) is 10.6.